The van der Waals surface area contributed by atoms with E-state index in [2.05, 4.69) is 46.9 Å². The van der Waals surface area contributed by atoms with E-state index in [0.29, 0.717) is 11.4 Å². The molecule has 0 unspecified atom stereocenters. The monoisotopic (exact) mass is 550 g/mol. The molecule has 1 aliphatic rings. The minimum absolute atomic E-state index is 0.0796. The number of ether oxygens (including phenoxy) is 2. The van der Waals surface area contributed by atoms with Crippen LogP contribution in [-0.2, 0) is 25.6 Å². The average Bonchev–Trinajstić information content (AvgIpc) is 2.89. The van der Waals surface area contributed by atoms with E-state index in [9.17, 15) is 13.2 Å². The predicted octanol–water partition coefficient (Wildman–Crippen LogP) is 5.43. The molecule has 0 saturated carbocycles. The molecule has 1 N–H and O–H groups in total. The number of fused-ring (bicyclic) bond motifs is 1. The third-order valence-electron chi connectivity index (χ3n) is 6.67. The zero-order chi connectivity index (χ0) is 28.4. The molecule has 0 fully saturated rings. The van der Waals surface area contributed by atoms with Gasteiger partial charge in [0.1, 0.15) is 18.1 Å². The van der Waals surface area contributed by atoms with E-state index in [4.69, 9.17) is 9.47 Å². The van der Waals surface area contributed by atoms with Gasteiger partial charge >= 0.3 is 0 Å². The lowest BCUT2D eigenvalue weighted by Crippen LogP contribution is -2.51. The Morgan fingerprint density at radius 1 is 0.949 bits per heavy atom. The van der Waals surface area contributed by atoms with Crippen LogP contribution in [0.2, 0.25) is 0 Å². The topological polar surface area (TPSA) is 84.9 Å². The largest absolute Gasteiger partial charge is 0.491 e. The Labute approximate surface area is 232 Å². The summed E-state index contributed by atoms with van der Waals surface area (Å²) in [5.74, 6) is 0.725. The molecule has 1 atom stereocenters. The predicted molar refractivity (Wildman–Crippen MR) is 154 cm³/mol. The van der Waals surface area contributed by atoms with Gasteiger partial charge in [0.15, 0.2) is 6.10 Å². The number of rotatable bonds is 7. The SMILES string of the molecule is CC(C)(C)c1ccc2c(c1)N(S(=O)(=O)c1ccccc1)C[C@@H](C(=O)NCCOc1ccccc1C(C)(C)C)O2. The van der Waals surface area contributed by atoms with Crippen LogP contribution in [0.3, 0.4) is 0 Å². The Balaban J connectivity index is 1.52. The molecule has 0 radical (unpaired) electrons. The fourth-order valence-corrected chi connectivity index (χ4v) is 5.95. The lowest BCUT2D eigenvalue weighted by molar-refractivity contribution is -0.127. The molecule has 0 spiro atoms. The summed E-state index contributed by atoms with van der Waals surface area (Å²) in [6, 6.07) is 21.6. The van der Waals surface area contributed by atoms with Crippen molar-refractivity contribution in [2.75, 3.05) is 24.0 Å². The standard InChI is InChI=1S/C31H38N2O5S/c1-30(2,3)22-16-17-27-25(20-22)33(39(35,36)23-12-8-7-9-13-23)21-28(38-27)29(34)32-18-19-37-26-15-11-10-14-24(26)31(4,5)6/h7-17,20,28H,18-19,21H2,1-6H3,(H,32,34)/t28-/m0/s1. The molecule has 3 aromatic rings. The number of amides is 1. The summed E-state index contributed by atoms with van der Waals surface area (Å²) >= 11 is 0. The second-order valence-corrected chi connectivity index (χ2v) is 13.6. The van der Waals surface area contributed by atoms with Gasteiger partial charge in [0, 0.05) is 0 Å². The minimum Gasteiger partial charge on any atom is -0.491 e. The fourth-order valence-electron chi connectivity index (χ4n) is 4.46. The molecule has 1 heterocycles. The van der Waals surface area contributed by atoms with Crippen molar-refractivity contribution in [3.63, 3.8) is 0 Å². The molecule has 1 aliphatic heterocycles. The van der Waals surface area contributed by atoms with Crippen LogP contribution in [0.4, 0.5) is 5.69 Å². The van der Waals surface area contributed by atoms with Gasteiger partial charge in [-0.25, -0.2) is 8.42 Å². The highest BCUT2D eigenvalue weighted by molar-refractivity contribution is 7.92. The number of sulfonamides is 1. The van der Waals surface area contributed by atoms with Crippen LogP contribution in [0.5, 0.6) is 11.5 Å². The molecule has 4 rings (SSSR count). The Morgan fingerprint density at radius 3 is 2.28 bits per heavy atom. The van der Waals surface area contributed by atoms with Crippen LogP contribution in [0.15, 0.2) is 77.7 Å². The van der Waals surface area contributed by atoms with Crippen LogP contribution in [-0.4, -0.2) is 40.1 Å². The molecule has 0 aromatic heterocycles. The van der Waals surface area contributed by atoms with Gasteiger partial charge < -0.3 is 14.8 Å². The number of carbonyl (C=O) groups is 1. The first-order chi connectivity index (χ1) is 18.3. The lowest BCUT2D eigenvalue weighted by Gasteiger charge is -2.36. The van der Waals surface area contributed by atoms with Gasteiger partial charge in [0.2, 0.25) is 0 Å². The summed E-state index contributed by atoms with van der Waals surface area (Å²) in [4.78, 5) is 13.3. The highest BCUT2D eigenvalue weighted by Crippen LogP contribution is 2.40. The molecular weight excluding hydrogens is 512 g/mol. The van der Waals surface area contributed by atoms with Crippen molar-refractivity contribution in [2.24, 2.45) is 0 Å². The molecule has 39 heavy (non-hydrogen) atoms. The summed E-state index contributed by atoms with van der Waals surface area (Å²) in [5.41, 5.74) is 2.20. The van der Waals surface area contributed by atoms with Gasteiger partial charge in [0.25, 0.3) is 15.9 Å². The molecule has 208 valence electrons. The Bertz CT molecular complexity index is 1420. The number of benzene rings is 3. The summed E-state index contributed by atoms with van der Waals surface area (Å²) < 4.78 is 40.8. The Kier molecular flexibility index (Phi) is 7.98. The van der Waals surface area contributed by atoms with Crippen molar-refractivity contribution in [1.29, 1.82) is 0 Å². The molecular formula is C31H38N2O5S. The molecule has 7 nitrogen and oxygen atoms in total. The van der Waals surface area contributed by atoms with Gasteiger partial charge in [-0.3, -0.25) is 9.10 Å². The minimum atomic E-state index is -3.94. The highest BCUT2D eigenvalue weighted by atomic mass is 32.2. The number of hydrogen-bond donors (Lipinski definition) is 1. The van der Waals surface area contributed by atoms with Gasteiger partial charge in [-0.05, 0) is 52.3 Å². The van der Waals surface area contributed by atoms with Crippen LogP contribution in [0.25, 0.3) is 0 Å². The van der Waals surface area contributed by atoms with Crippen molar-refractivity contribution < 1.29 is 22.7 Å². The number of nitrogens with one attached hydrogen (secondary N) is 1. The van der Waals surface area contributed by atoms with Crippen LogP contribution < -0.4 is 19.1 Å². The first-order valence-corrected chi connectivity index (χ1v) is 14.6. The van der Waals surface area contributed by atoms with Gasteiger partial charge in [-0.15, -0.1) is 0 Å². The zero-order valence-corrected chi connectivity index (χ0v) is 24.3. The lowest BCUT2D eigenvalue weighted by atomic mass is 9.86. The number of hydrogen-bond acceptors (Lipinski definition) is 5. The summed E-state index contributed by atoms with van der Waals surface area (Å²) in [5, 5.41) is 2.85. The smallest absolute Gasteiger partial charge is 0.264 e. The summed E-state index contributed by atoms with van der Waals surface area (Å²) in [7, 11) is -3.94. The number of anilines is 1. The molecule has 0 saturated heterocycles. The van der Waals surface area contributed by atoms with E-state index in [1.165, 1.54) is 4.31 Å². The van der Waals surface area contributed by atoms with Gasteiger partial charge in [0.05, 0.1) is 23.7 Å². The molecule has 0 bridgehead atoms. The molecule has 0 aliphatic carbocycles. The molecule has 3 aromatic carbocycles. The van der Waals surface area contributed by atoms with Crippen LogP contribution in [0, 0.1) is 0 Å². The van der Waals surface area contributed by atoms with Crippen LogP contribution in [0.1, 0.15) is 52.7 Å². The number of para-hydroxylation sites is 1. The van der Waals surface area contributed by atoms with E-state index in [1.54, 1.807) is 36.4 Å². The molecule has 1 amide bonds. The fraction of sp³-hybridized carbons (Fsp3) is 0.387. The first kappa shape index (κ1) is 28.5. The van der Waals surface area contributed by atoms with E-state index in [1.807, 2.05) is 36.4 Å². The Hall–Kier alpha value is -3.52. The van der Waals surface area contributed by atoms with Gasteiger partial charge in [-0.1, -0.05) is 84.0 Å². The number of carbonyl (C=O) groups excluding carboxylic acids is 1. The molecule has 8 heteroatoms. The Morgan fingerprint density at radius 2 is 1.62 bits per heavy atom. The summed E-state index contributed by atoms with van der Waals surface area (Å²) in [6.45, 7) is 12.9. The third-order valence-corrected chi connectivity index (χ3v) is 8.47. The van der Waals surface area contributed by atoms with E-state index in [0.717, 1.165) is 16.9 Å². The summed E-state index contributed by atoms with van der Waals surface area (Å²) in [6.07, 6.45) is -1.02. The van der Waals surface area contributed by atoms with Crippen LogP contribution >= 0.6 is 0 Å². The zero-order valence-electron chi connectivity index (χ0n) is 23.5. The maximum Gasteiger partial charge on any atom is 0.264 e. The van der Waals surface area contributed by atoms with Crippen molar-refractivity contribution in [1.82, 2.24) is 5.32 Å². The van der Waals surface area contributed by atoms with Crippen molar-refractivity contribution in [3.05, 3.63) is 83.9 Å². The quantitative estimate of drug-likeness (QED) is 0.397. The van der Waals surface area contributed by atoms with E-state index in [-0.39, 0.29) is 35.4 Å². The van der Waals surface area contributed by atoms with Crippen molar-refractivity contribution in [2.45, 2.75) is 63.4 Å². The maximum absolute atomic E-state index is 13.7. The average molecular weight is 551 g/mol. The van der Waals surface area contributed by atoms with E-state index < -0.39 is 22.0 Å². The number of nitrogens with zero attached hydrogens (tertiary/aromatic N) is 1. The second kappa shape index (κ2) is 10.9. The third kappa shape index (κ3) is 6.38. The van der Waals surface area contributed by atoms with Crippen molar-refractivity contribution >= 4 is 21.6 Å². The highest BCUT2D eigenvalue weighted by Gasteiger charge is 2.38. The normalized spacial score (nSPS) is 15.7. The first-order valence-electron chi connectivity index (χ1n) is 13.2. The maximum atomic E-state index is 13.7. The van der Waals surface area contributed by atoms with Gasteiger partial charge in [-0.2, -0.15) is 0 Å². The second-order valence-electron chi connectivity index (χ2n) is 11.8. The van der Waals surface area contributed by atoms with Crippen molar-refractivity contribution in [3.8, 4) is 11.5 Å². The van der Waals surface area contributed by atoms with E-state index >= 15 is 0 Å².